The summed E-state index contributed by atoms with van der Waals surface area (Å²) in [4.78, 5) is 36.8. The van der Waals surface area contributed by atoms with E-state index in [1.807, 2.05) is 36.6 Å². The van der Waals surface area contributed by atoms with Crippen molar-refractivity contribution in [1.82, 2.24) is 14.8 Å². The van der Waals surface area contributed by atoms with Crippen LogP contribution >= 0.6 is 11.8 Å². The zero-order valence-corrected chi connectivity index (χ0v) is 21.9. The molecule has 0 aliphatic heterocycles. The Hall–Kier alpha value is -4.12. The van der Waals surface area contributed by atoms with Gasteiger partial charge in [-0.1, -0.05) is 23.9 Å². The predicted octanol–water partition coefficient (Wildman–Crippen LogP) is 3.96. The number of benzene rings is 2. The number of aromatic nitrogens is 3. The number of aryl methyl sites for hydroxylation is 2. The molecule has 0 aliphatic rings. The van der Waals surface area contributed by atoms with Crippen LogP contribution in [0, 0.1) is 13.8 Å². The van der Waals surface area contributed by atoms with Crippen molar-refractivity contribution in [3.63, 3.8) is 0 Å². The summed E-state index contributed by atoms with van der Waals surface area (Å²) >= 11 is 1.16. The highest BCUT2D eigenvalue weighted by atomic mass is 32.2. The summed E-state index contributed by atoms with van der Waals surface area (Å²) in [5.74, 6) is -0.401. The molecule has 0 bridgehead atoms. The number of nitrogens with one attached hydrogen (secondary N) is 1. The van der Waals surface area contributed by atoms with Gasteiger partial charge in [-0.2, -0.15) is 0 Å². The fourth-order valence-electron chi connectivity index (χ4n) is 3.29. The van der Waals surface area contributed by atoms with Gasteiger partial charge in [0.05, 0.1) is 36.8 Å². The van der Waals surface area contributed by atoms with Crippen molar-refractivity contribution in [2.75, 3.05) is 25.3 Å². The molecule has 0 unspecified atom stereocenters. The first-order valence-corrected chi connectivity index (χ1v) is 12.2. The molecule has 0 aliphatic carbocycles. The van der Waals surface area contributed by atoms with Gasteiger partial charge in [0.2, 0.25) is 5.91 Å². The number of thioether (sulfide) groups is 1. The molecule has 37 heavy (non-hydrogen) atoms. The normalized spacial score (nSPS) is 10.5. The second kappa shape index (κ2) is 12.7. The van der Waals surface area contributed by atoms with Crippen molar-refractivity contribution in [3.8, 4) is 5.75 Å². The molecule has 0 spiro atoms. The molecular weight excluding hydrogens is 496 g/mol. The Morgan fingerprint density at radius 1 is 1.03 bits per heavy atom. The fourth-order valence-corrected chi connectivity index (χ4v) is 4.06. The second-order valence-electron chi connectivity index (χ2n) is 7.91. The van der Waals surface area contributed by atoms with E-state index in [0.29, 0.717) is 17.5 Å². The molecule has 1 N–H and O–H groups in total. The molecule has 1 amide bonds. The van der Waals surface area contributed by atoms with Gasteiger partial charge in [-0.15, -0.1) is 16.8 Å². The molecule has 11 heteroatoms. The van der Waals surface area contributed by atoms with Gasteiger partial charge in [0, 0.05) is 6.54 Å². The topological polar surface area (TPSA) is 122 Å². The summed E-state index contributed by atoms with van der Waals surface area (Å²) in [5.41, 5.74) is 2.72. The largest absolute Gasteiger partial charge is 0.486 e. The van der Waals surface area contributed by atoms with E-state index in [0.717, 1.165) is 23.1 Å². The third-order valence-corrected chi connectivity index (χ3v) is 6.37. The van der Waals surface area contributed by atoms with E-state index in [9.17, 15) is 14.4 Å². The molecule has 2 aromatic carbocycles. The average molecular weight is 525 g/mol. The zero-order chi connectivity index (χ0) is 26.9. The van der Waals surface area contributed by atoms with Crippen LogP contribution < -0.4 is 10.1 Å². The summed E-state index contributed by atoms with van der Waals surface area (Å²) in [5, 5.41) is 11.6. The van der Waals surface area contributed by atoms with Crippen LogP contribution in [-0.4, -0.2) is 52.6 Å². The van der Waals surface area contributed by atoms with E-state index >= 15 is 0 Å². The maximum Gasteiger partial charge on any atom is 0.339 e. The minimum absolute atomic E-state index is 0.0314. The van der Waals surface area contributed by atoms with Crippen molar-refractivity contribution >= 4 is 35.3 Å². The number of rotatable bonds is 11. The monoisotopic (exact) mass is 524 g/mol. The number of methoxy groups -OCH3 is 2. The molecule has 0 atom stereocenters. The van der Waals surface area contributed by atoms with Crippen LogP contribution in [0.4, 0.5) is 5.69 Å². The molecule has 1 aromatic heterocycles. The van der Waals surface area contributed by atoms with Crippen LogP contribution in [0.3, 0.4) is 0 Å². The molecule has 0 saturated carbocycles. The van der Waals surface area contributed by atoms with Crippen LogP contribution in [0.25, 0.3) is 0 Å². The van der Waals surface area contributed by atoms with Gasteiger partial charge in [-0.05, 0) is 55.3 Å². The van der Waals surface area contributed by atoms with Crippen molar-refractivity contribution in [2.45, 2.75) is 32.2 Å². The lowest BCUT2D eigenvalue weighted by Gasteiger charge is -2.12. The SMILES string of the molecule is C=CCn1c(COc2ccc(C)c(C)c2)nnc1SCC(=O)Nc1cc(C(=O)OC)ccc1C(=O)OC. The third-order valence-electron chi connectivity index (χ3n) is 5.40. The van der Waals surface area contributed by atoms with Gasteiger partial charge in [-0.25, -0.2) is 9.59 Å². The quantitative estimate of drug-likeness (QED) is 0.226. The summed E-state index contributed by atoms with van der Waals surface area (Å²) in [7, 11) is 2.47. The number of carbonyl (C=O) groups is 3. The van der Waals surface area contributed by atoms with Crippen LogP contribution in [0.1, 0.15) is 37.7 Å². The summed E-state index contributed by atoms with van der Waals surface area (Å²) in [6, 6.07) is 10.0. The molecule has 194 valence electrons. The molecule has 10 nitrogen and oxygen atoms in total. The van der Waals surface area contributed by atoms with Crippen LogP contribution in [0.15, 0.2) is 54.2 Å². The second-order valence-corrected chi connectivity index (χ2v) is 8.86. The first-order valence-electron chi connectivity index (χ1n) is 11.2. The fraction of sp³-hybridized carbons (Fsp3) is 0.269. The number of ether oxygens (including phenoxy) is 3. The summed E-state index contributed by atoms with van der Waals surface area (Å²) in [6.45, 7) is 8.45. The lowest BCUT2D eigenvalue weighted by Crippen LogP contribution is -2.18. The molecule has 0 saturated heterocycles. The number of carbonyl (C=O) groups excluding carboxylic acids is 3. The van der Waals surface area contributed by atoms with Gasteiger partial charge in [-0.3, -0.25) is 9.36 Å². The van der Waals surface area contributed by atoms with Crippen molar-refractivity contribution in [2.24, 2.45) is 0 Å². The molecule has 3 rings (SSSR count). The Morgan fingerprint density at radius 3 is 2.46 bits per heavy atom. The highest BCUT2D eigenvalue weighted by Gasteiger charge is 2.19. The van der Waals surface area contributed by atoms with E-state index in [-0.39, 0.29) is 29.2 Å². The Morgan fingerprint density at radius 2 is 1.78 bits per heavy atom. The molecule has 0 radical (unpaired) electrons. The van der Waals surface area contributed by atoms with Crippen molar-refractivity contribution < 1.29 is 28.6 Å². The minimum Gasteiger partial charge on any atom is -0.486 e. The highest BCUT2D eigenvalue weighted by molar-refractivity contribution is 7.99. The number of amides is 1. The predicted molar refractivity (Wildman–Crippen MR) is 139 cm³/mol. The first-order chi connectivity index (χ1) is 17.8. The number of nitrogens with zero attached hydrogens (tertiary/aromatic N) is 3. The van der Waals surface area contributed by atoms with Crippen LogP contribution in [-0.2, 0) is 27.4 Å². The summed E-state index contributed by atoms with van der Waals surface area (Å²) in [6.07, 6.45) is 1.70. The lowest BCUT2D eigenvalue weighted by atomic mass is 10.1. The van der Waals surface area contributed by atoms with Gasteiger partial charge in [0.25, 0.3) is 0 Å². The van der Waals surface area contributed by atoms with Crippen LogP contribution in [0.5, 0.6) is 5.75 Å². The van der Waals surface area contributed by atoms with Gasteiger partial charge in [0.15, 0.2) is 11.0 Å². The van der Waals surface area contributed by atoms with E-state index < -0.39 is 17.8 Å². The number of hydrogen-bond acceptors (Lipinski definition) is 9. The third kappa shape index (κ3) is 6.98. The molecular formula is C26H28N4O6S. The number of esters is 2. The van der Waals surface area contributed by atoms with Crippen molar-refractivity contribution in [1.29, 1.82) is 0 Å². The number of hydrogen-bond donors (Lipinski definition) is 1. The van der Waals surface area contributed by atoms with E-state index in [1.54, 1.807) is 6.08 Å². The number of anilines is 1. The zero-order valence-electron chi connectivity index (χ0n) is 21.1. The van der Waals surface area contributed by atoms with E-state index in [1.165, 1.54) is 38.0 Å². The van der Waals surface area contributed by atoms with E-state index in [4.69, 9.17) is 14.2 Å². The Kier molecular flexibility index (Phi) is 9.45. The summed E-state index contributed by atoms with van der Waals surface area (Å²) < 4.78 is 17.2. The smallest absolute Gasteiger partial charge is 0.339 e. The van der Waals surface area contributed by atoms with Gasteiger partial charge >= 0.3 is 11.9 Å². The van der Waals surface area contributed by atoms with E-state index in [2.05, 4.69) is 22.1 Å². The Labute approximate surface area is 219 Å². The standard InChI is InChI=1S/C26H28N4O6S/c1-6-11-30-22(14-36-19-9-7-16(2)17(3)12-19)28-29-26(30)37-15-23(31)27-21-13-18(24(32)34-4)8-10-20(21)25(33)35-5/h6-10,12-13H,1,11,14-15H2,2-5H3,(H,27,31). The lowest BCUT2D eigenvalue weighted by molar-refractivity contribution is -0.113. The van der Waals surface area contributed by atoms with Gasteiger partial charge in [0.1, 0.15) is 12.4 Å². The Balaban J connectivity index is 1.70. The maximum atomic E-state index is 12.7. The number of allylic oxidation sites excluding steroid dienone is 1. The van der Waals surface area contributed by atoms with Gasteiger partial charge < -0.3 is 19.5 Å². The average Bonchev–Trinajstić information content (AvgIpc) is 3.28. The maximum absolute atomic E-state index is 12.7. The Bertz CT molecular complexity index is 1320. The van der Waals surface area contributed by atoms with Crippen molar-refractivity contribution in [3.05, 3.63) is 77.1 Å². The first kappa shape index (κ1) is 27.5. The molecule has 1 heterocycles. The highest BCUT2D eigenvalue weighted by Crippen LogP contribution is 2.23. The molecule has 3 aromatic rings. The van der Waals surface area contributed by atoms with Crippen LogP contribution in [0.2, 0.25) is 0 Å². The molecule has 0 fully saturated rings. The minimum atomic E-state index is -0.654.